The van der Waals surface area contributed by atoms with Crippen molar-refractivity contribution in [1.29, 1.82) is 0 Å². The Morgan fingerprint density at radius 3 is 2.48 bits per heavy atom. The molecule has 0 bridgehead atoms. The number of rotatable bonds is 5. The Kier molecular flexibility index (Phi) is 4.56. The molecule has 0 spiro atoms. The van der Waals surface area contributed by atoms with Gasteiger partial charge in [-0.05, 0) is 42.4 Å². The van der Waals surface area contributed by atoms with Gasteiger partial charge in [-0.3, -0.25) is 4.79 Å². The van der Waals surface area contributed by atoms with Crippen LogP contribution >= 0.6 is 0 Å². The topological polar surface area (TPSA) is 41.5 Å². The van der Waals surface area contributed by atoms with Crippen LogP contribution < -0.4 is 5.43 Å². The molecule has 3 nitrogen and oxygen atoms in total. The van der Waals surface area contributed by atoms with Crippen molar-refractivity contribution in [2.24, 2.45) is 11.0 Å². The third-order valence-corrected chi connectivity index (χ3v) is 4.47. The molecule has 118 valence electrons. The van der Waals surface area contributed by atoms with Gasteiger partial charge in [0.1, 0.15) is 0 Å². The van der Waals surface area contributed by atoms with Crippen molar-refractivity contribution in [2.45, 2.75) is 32.6 Å². The lowest BCUT2D eigenvalue weighted by atomic mass is 10.1. The van der Waals surface area contributed by atoms with E-state index < -0.39 is 0 Å². The maximum atomic E-state index is 12.2. The van der Waals surface area contributed by atoms with Gasteiger partial charge < -0.3 is 0 Å². The number of aryl methyl sites for hydroxylation is 1. The van der Waals surface area contributed by atoms with Crippen LogP contribution in [0.15, 0.2) is 59.7 Å². The van der Waals surface area contributed by atoms with E-state index in [-0.39, 0.29) is 11.8 Å². The Morgan fingerprint density at radius 2 is 1.83 bits per heavy atom. The summed E-state index contributed by atoms with van der Waals surface area (Å²) < 4.78 is 0. The average Bonchev–Trinajstić information content (AvgIpc) is 3.41. The fraction of sp³-hybridized carbons (Fsp3) is 0.300. The van der Waals surface area contributed by atoms with Gasteiger partial charge in [0.05, 0.1) is 5.71 Å². The number of carbonyl (C=O) groups excluding carboxylic acids is 1. The van der Waals surface area contributed by atoms with E-state index in [4.69, 9.17) is 0 Å². The quantitative estimate of drug-likeness (QED) is 0.661. The minimum atomic E-state index is 0.0170. The second-order valence-electron chi connectivity index (χ2n) is 6.08. The molecule has 0 aliphatic heterocycles. The highest BCUT2D eigenvalue weighted by molar-refractivity contribution is 5.99. The Balaban J connectivity index is 1.58. The lowest BCUT2D eigenvalue weighted by molar-refractivity contribution is -0.122. The molecule has 0 aromatic heterocycles. The zero-order valence-electron chi connectivity index (χ0n) is 13.6. The molecule has 1 amide bonds. The first-order valence-electron chi connectivity index (χ1n) is 8.17. The number of carbonyl (C=O) groups is 1. The van der Waals surface area contributed by atoms with Crippen LogP contribution in [0.5, 0.6) is 0 Å². The number of hydrogen-bond acceptors (Lipinski definition) is 2. The summed E-state index contributed by atoms with van der Waals surface area (Å²) in [5.74, 6) is 0.412. The number of hydrazone groups is 1. The molecule has 1 fully saturated rings. The molecule has 0 saturated heterocycles. The lowest BCUT2D eigenvalue weighted by Crippen LogP contribution is -2.21. The summed E-state index contributed by atoms with van der Waals surface area (Å²) in [5, 5.41) is 4.26. The van der Waals surface area contributed by atoms with Gasteiger partial charge in [0.15, 0.2) is 0 Å². The zero-order chi connectivity index (χ0) is 16.2. The fourth-order valence-corrected chi connectivity index (χ4v) is 2.82. The molecule has 2 aromatic carbocycles. The monoisotopic (exact) mass is 306 g/mol. The van der Waals surface area contributed by atoms with Crippen LogP contribution in [-0.2, 0) is 11.2 Å². The van der Waals surface area contributed by atoms with Crippen LogP contribution in [0.3, 0.4) is 0 Å². The van der Waals surface area contributed by atoms with E-state index in [1.165, 1.54) is 11.1 Å². The van der Waals surface area contributed by atoms with Crippen LogP contribution in [0.2, 0.25) is 0 Å². The predicted molar refractivity (Wildman–Crippen MR) is 93.5 cm³/mol. The third-order valence-electron chi connectivity index (χ3n) is 4.47. The van der Waals surface area contributed by atoms with Gasteiger partial charge in [0.25, 0.3) is 0 Å². The number of benzene rings is 2. The molecule has 2 atom stereocenters. The van der Waals surface area contributed by atoms with Crippen LogP contribution in [-0.4, -0.2) is 11.6 Å². The van der Waals surface area contributed by atoms with Gasteiger partial charge in [0.2, 0.25) is 5.91 Å². The SMILES string of the molecule is CCc1ccc(/C(C)=N\NC(=O)[C@@H]2C[C@H]2c2ccccc2)cc1. The van der Waals surface area contributed by atoms with Crippen molar-refractivity contribution >= 4 is 11.6 Å². The Hall–Kier alpha value is -2.42. The van der Waals surface area contributed by atoms with E-state index in [2.05, 4.69) is 41.7 Å². The number of nitrogens with one attached hydrogen (secondary N) is 1. The zero-order valence-corrected chi connectivity index (χ0v) is 13.6. The first-order chi connectivity index (χ1) is 11.2. The molecule has 1 N–H and O–H groups in total. The predicted octanol–water partition coefficient (Wildman–Crippen LogP) is 3.89. The van der Waals surface area contributed by atoms with Gasteiger partial charge in [-0.2, -0.15) is 5.10 Å². The van der Waals surface area contributed by atoms with E-state index in [0.29, 0.717) is 5.92 Å². The molecule has 2 aromatic rings. The third kappa shape index (κ3) is 3.67. The summed E-state index contributed by atoms with van der Waals surface area (Å²) in [4.78, 5) is 12.2. The molecule has 1 aliphatic carbocycles. The normalized spacial score (nSPS) is 20.2. The number of amides is 1. The molecule has 0 heterocycles. The second kappa shape index (κ2) is 6.78. The van der Waals surface area contributed by atoms with Gasteiger partial charge in [-0.25, -0.2) is 5.43 Å². The summed E-state index contributed by atoms with van der Waals surface area (Å²) in [6.07, 6.45) is 1.94. The van der Waals surface area contributed by atoms with E-state index in [1.807, 2.05) is 37.3 Å². The minimum Gasteiger partial charge on any atom is -0.273 e. The minimum absolute atomic E-state index is 0.0170. The smallest absolute Gasteiger partial charge is 0.243 e. The van der Waals surface area contributed by atoms with E-state index in [9.17, 15) is 4.79 Å². The summed E-state index contributed by atoms with van der Waals surface area (Å²) >= 11 is 0. The van der Waals surface area contributed by atoms with Crippen molar-refractivity contribution in [3.05, 3.63) is 71.3 Å². The summed E-state index contributed by atoms with van der Waals surface area (Å²) in [5.41, 5.74) is 7.13. The highest BCUT2D eigenvalue weighted by Crippen LogP contribution is 2.47. The standard InChI is InChI=1S/C20H22N2O/c1-3-15-9-11-16(12-10-15)14(2)21-22-20(23)19-13-18(19)17-7-5-4-6-8-17/h4-12,18-19H,3,13H2,1-2H3,(H,22,23)/b21-14-/t18-,19+/m0/s1. The highest BCUT2D eigenvalue weighted by Gasteiger charge is 2.43. The molecule has 1 aliphatic rings. The van der Waals surface area contributed by atoms with Crippen molar-refractivity contribution in [2.75, 3.05) is 0 Å². The van der Waals surface area contributed by atoms with Gasteiger partial charge in [-0.15, -0.1) is 0 Å². The van der Waals surface area contributed by atoms with Crippen molar-refractivity contribution in [3.8, 4) is 0 Å². The molecule has 1 saturated carbocycles. The highest BCUT2D eigenvalue weighted by atomic mass is 16.2. The first-order valence-corrected chi connectivity index (χ1v) is 8.17. The van der Waals surface area contributed by atoms with Crippen molar-refractivity contribution in [3.63, 3.8) is 0 Å². The lowest BCUT2D eigenvalue weighted by Gasteiger charge is -2.04. The van der Waals surface area contributed by atoms with Crippen molar-refractivity contribution in [1.82, 2.24) is 5.43 Å². The molecule has 0 radical (unpaired) electrons. The van der Waals surface area contributed by atoms with Crippen LogP contribution in [0.25, 0.3) is 0 Å². The Bertz CT molecular complexity index is 704. The molecular weight excluding hydrogens is 284 g/mol. The summed E-state index contributed by atoms with van der Waals surface area (Å²) in [6, 6.07) is 18.5. The average molecular weight is 306 g/mol. The maximum Gasteiger partial charge on any atom is 0.243 e. The fourth-order valence-electron chi connectivity index (χ4n) is 2.82. The van der Waals surface area contributed by atoms with E-state index in [1.54, 1.807) is 0 Å². The Labute approximate surface area is 137 Å². The second-order valence-corrected chi connectivity index (χ2v) is 6.08. The van der Waals surface area contributed by atoms with Crippen LogP contribution in [0.1, 0.15) is 42.9 Å². The summed E-state index contributed by atoms with van der Waals surface area (Å²) in [7, 11) is 0. The van der Waals surface area contributed by atoms with E-state index in [0.717, 1.165) is 24.1 Å². The molecular formula is C20H22N2O. The molecule has 23 heavy (non-hydrogen) atoms. The largest absolute Gasteiger partial charge is 0.273 e. The first kappa shape index (κ1) is 15.5. The van der Waals surface area contributed by atoms with Crippen molar-refractivity contribution < 1.29 is 4.79 Å². The summed E-state index contributed by atoms with van der Waals surface area (Å²) in [6.45, 7) is 4.05. The number of hydrogen-bond donors (Lipinski definition) is 1. The Morgan fingerprint density at radius 1 is 1.13 bits per heavy atom. The maximum absolute atomic E-state index is 12.2. The molecule has 3 heteroatoms. The van der Waals surface area contributed by atoms with Crippen LogP contribution in [0.4, 0.5) is 0 Å². The van der Waals surface area contributed by atoms with Crippen LogP contribution in [0, 0.1) is 5.92 Å². The van der Waals surface area contributed by atoms with Gasteiger partial charge >= 0.3 is 0 Å². The van der Waals surface area contributed by atoms with E-state index >= 15 is 0 Å². The number of nitrogens with zero attached hydrogens (tertiary/aromatic N) is 1. The molecule has 0 unspecified atom stereocenters. The van der Waals surface area contributed by atoms with Gasteiger partial charge in [0, 0.05) is 5.92 Å². The van der Waals surface area contributed by atoms with Gasteiger partial charge in [-0.1, -0.05) is 61.5 Å². The molecule has 3 rings (SSSR count).